The number of ether oxygens (including phenoxy) is 2. The number of carbonyl (C=O) groups is 1. The molecule has 1 aromatic heterocycles. The molecule has 31 heavy (non-hydrogen) atoms. The Morgan fingerprint density at radius 1 is 1.03 bits per heavy atom. The van der Waals surface area contributed by atoms with Gasteiger partial charge in [-0.25, -0.2) is 0 Å². The summed E-state index contributed by atoms with van der Waals surface area (Å²) in [4.78, 5) is 15.7. The van der Waals surface area contributed by atoms with Crippen LogP contribution in [0.1, 0.15) is 48.5 Å². The SMILES string of the molecule is Cc1c([C@@H]2C3=C(CCCC3)C(=O)N2Cc2ccc3c(c2)OCO3)c2ccccc2n1C. The van der Waals surface area contributed by atoms with Crippen LogP contribution in [0.15, 0.2) is 53.6 Å². The molecule has 158 valence electrons. The summed E-state index contributed by atoms with van der Waals surface area (Å²) in [5.41, 5.74) is 7.17. The van der Waals surface area contributed by atoms with Gasteiger partial charge in [-0.1, -0.05) is 24.3 Å². The van der Waals surface area contributed by atoms with Crippen LogP contribution in [0.3, 0.4) is 0 Å². The van der Waals surface area contributed by atoms with Crippen LogP contribution in [0, 0.1) is 6.92 Å². The van der Waals surface area contributed by atoms with Crippen LogP contribution in [0.5, 0.6) is 11.5 Å². The van der Waals surface area contributed by atoms with Gasteiger partial charge in [-0.05, 0) is 61.9 Å². The van der Waals surface area contributed by atoms with Gasteiger partial charge in [0.05, 0.1) is 6.04 Å². The highest BCUT2D eigenvalue weighted by Gasteiger charge is 2.42. The standard InChI is InChI=1S/C26H26N2O3/c1-16-24(20-9-5-6-10-21(20)27(16)2)25-18-7-3-4-8-19(18)26(29)28(25)14-17-11-12-22-23(13-17)31-15-30-22/h5-6,9-13,25H,3-4,7-8,14-15H2,1-2H3/t25-/m0/s1. The van der Waals surface area contributed by atoms with E-state index in [0.29, 0.717) is 6.54 Å². The van der Waals surface area contributed by atoms with Crippen molar-refractivity contribution in [3.63, 3.8) is 0 Å². The molecule has 1 aliphatic carbocycles. The Labute approximate surface area is 181 Å². The second kappa shape index (κ2) is 6.91. The number of aryl methyl sites for hydroxylation is 1. The van der Waals surface area contributed by atoms with E-state index in [-0.39, 0.29) is 18.7 Å². The molecule has 5 nitrogen and oxygen atoms in total. The number of amides is 1. The molecule has 0 spiro atoms. The first-order chi connectivity index (χ1) is 15.1. The Morgan fingerprint density at radius 3 is 2.74 bits per heavy atom. The van der Waals surface area contributed by atoms with Crippen LogP contribution < -0.4 is 9.47 Å². The minimum atomic E-state index is -0.000627. The summed E-state index contributed by atoms with van der Waals surface area (Å²) < 4.78 is 13.3. The lowest BCUT2D eigenvalue weighted by molar-refractivity contribution is -0.127. The molecule has 0 unspecified atom stereocenters. The number of hydrogen-bond donors (Lipinski definition) is 0. The van der Waals surface area contributed by atoms with Crippen LogP contribution in [0.25, 0.3) is 10.9 Å². The Hall–Kier alpha value is -3.21. The minimum absolute atomic E-state index is 0.000627. The smallest absolute Gasteiger partial charge is 0.250 e. The maximum atomic E-state index is 13.6. The van der Waals surface area contributed by atoms with Gasteiger partial charge in [0.1, 0.15) is 0 Å². The van der Waals surface area contributed by atoms with Crippen molar-refractivity contribution in [2.24, 2.45) is 7.05 Å². The molecule has 0 bridgehead atoms. The Kier molecular flexibility index (Phi) is 4.13. The van der Waals surface area contributed by atoms with Crippen LogP contribution in [0.2, 0.25) is 0 Å². The Morgan fingerprint density at radius 2 is 1.84 bits per heavy atom. The lowest BCUT2D eigenvalue weighted by atomic mass is 9.86. The van der Waals surface area contributed by atoms with Gasteiger partial charge in [-0.15, -0.1) is 0 Å². The van der Waals surface area contributed by atoms with E-state index in [0.717, 1.165) is 48.3 Å². The van der Waals surface area contributed by atoms with Crippen molar-refractivity contribution in [2.45, 2.75) is 45.2 Å². The third-order valence-corrected chi connectivity index (χ3v) is 7.18. The summed E-state index contributed by atoms with van der Waals surface area (Å²) in [5.74, 6) is 1.74. The fraction of sp³-hybridized carbons (Fsp3) is 0.346. The predicted molar refractivity (Wildman–Crippen MR) is 119 cm³/mol. The number of benzene rings is 2. The quantitative estimate of drug-likeness (QED) is 0.594. The van der Waals surface area contributed by atoms with Crippen molar-refractivity contribution in [1.82, 2.24) is 9.47 Å². The highest BCUT2D eigenvalue weighted by atomic mass is 16.7. The van der Waals surface area contributed by atoms with Crippen LogP contribution in [-0.4, -0.2) is 22.2 Å². The Bertz CT molecular complexity index is 1250. The van der Waals surface area contributed by atoms with Gasteiger partial charge in [0, 0.05) is 41.3 Å². The summed E-state index contributed by atoms with van der Waals surface area (Å²) in [6.07, 6.45) is 4.16. The molecule has 3 aromatic rings. The molecule has 3 aliphatic rings. The average molecular weight is 415 g/mol. The molecule has 0 fully saturated rings. The van der Waals surface area contributed by atoms with E-state index in [2.05, 4.69) is 47.7 Å². The molecule has 0 N–H and O–H groups in total. The molecule has 0 saturated heterocycles. The van der Waals surface area contributed by atoms with E-state index in [1.165, 1.54) is 27.7 Å². The number of carbonyl (C=O) groups excluding carboxylic acids is 1. The molecule has 0 radical (unpaired) electrons. The third-order valence-electron chi connectivity index (χ3n) is 7.18. The first-order valence-corrected chi connectivity index (χ1v) is 11.1. The topological polar surface area (TPSA) is 43.7 Å². The highest BCUT2D eigenvalue weighted by molar-refractivity contribution is 5.99. The molecular formula is C26H26N2O3. The maximum Gasteiger partial charge on any atom is 0.250 e. The van der Waals surface area contributed by atoms with E-state index >= 15 is 0 Å². The van der Waals surface area contributed by atoms with Gasteiger partial charge in [0.15, 0.2) is 11.5 Å². The fourth-order valence-electron chi connectivity index (χ4n) is 5.58. The number of para-hydroxylation sites is 1. The van der Waals surface area contributed by atoms with Crippen molar-refractivity contribution in [2.75, 3.05) is 6.79 Å². The summed E-state index contributed by atoms with van der Waals surface area (Å²) in [7, 11) is 2.12. The van der Waals surface area contributed by atoms with Crippen molar-refractivity contribution in [3.8, 4) is 11.5 Å². The Balaban J connectivity index is 1.48. The predicted octanol–water partition coefficient (Wildman–Crippen LogP) is 5.17. The molecule has 3 heterocycles. The zero-order valence-corrected chi connectivity index (χ0v) is 18.0. The van der Waals surface area contributed by atoms with Crippen molar-refractivity contribution >= 4 is 16.8 Å². The van der Waals surface area contributed by atoms with Gasteiger partial charge in [0.2, 0.25) is 6.79 Å². The molecule has 2 aromatic carbocycles. The monoisotopic (exact) mass is 414 g/mol. The van der Waals surface area contributed by atoms with E-state index in [4.69, 9.17) is 9.47 Å². The van der Waals surface area contributed by atoms with Gasteiger partial charge in [-0.2, -0.15) is 0 Å². The minimum Gasteiger partial charge on any atom is -0.454 e. The first kappa shape index (κ1) is 18.6. The molecule has 0 saturated carbocycles. The lowest BCUT2D eigenvalue weighted by Gasteiger charge is -2.28. The second-order valence-corrected chi connectivity index (χ2v) is 8.81. The lowest BCUT2D eigenvalue weighted by Crippen LogP contribution is -2.30. The number of aromatic nitrogens is 1. The molecule has 1 amide bonds. The summed E-state index contributed by atoms with van der Waals surface area (Å²) in [5, 5.41) is 1.25. The van der Waals surface area contributed by atoms with Crippen LogP contribution in [-0.2, 0) is 18.4 Å². The molecule has 2 aliphatic heterocycles. The zero-order chi connectivity index (χ0) is 21.1. The largest absolute Gasteiger partial charge is 0.454 e. The van der Waals surface area contributed by atoms with Crippen LogP contribution >= 0.6 is 0 Å². The van der Waals surface area contributed by atoms with Gasteiger partial charge in [-0.3, -0.25) is 4.79 Å². The van der Waals surface area contributed by atoms with Gasteiger partial charge in [0.25, 0.3) is 5.91 Å². The summed E-state index contributed by atoms with van der Waals surface area (Å²) in [6, 6.07) is 14.6. The number of nitrogens with zero attached hydrogens (tertiary/aromatic N) is 2. The zero-order valence-electron chi connectivity index (χ0n) is 18.0. The summed E-state index contributed by atoms with van der Waals surface area (Å²) in [6.45, 7) is 3.00. The molecule has 5 heteroatoms. The molecule has 1 atom stereocenters. The third kappa shape index (κ3) is 2.72. The van der Waals surface area contributed by atoms with Gasteiger partial charge < -0.3 is 18.9 Å². The van der Waals surface area contributed by atoms with Crippen LogP contribution in [0.4, 0.5) is 0 Å². The van der Waals surface area contributed by atoms with E-state index < -0.39 is 0 Å². The highest BCUT2D eigenvalue weighted by Crippen LogP contribution is 2.48. The van der Waals surface area contributed by atoms with E-state index in [9.17, 15) is 4.79 Å². The molecular weight excluding hydrogens is 388 g/mol. The maximum absolute atomic E-state index is 13.6. The second-order valence-electron chi connectivity index (χ2n) is 8.81. The first-order valence-electron chi connectivity index (χ1n) is 11.1. The fourth-order valence-corrected chi connectivity index (χ4v) is 5.58. The van der Waals surface area contributed by atoms with E-state index in [1.54, 1.807) is 0 Å². The van der Waals surface area contributed by atoms with Crippen molar-refractivity contribution in [3.05, 3.63) is 70.4 Å². The van der Waals surface area contributed by atoms with E-state index in [1.807, 2.05) is 18.2 Å². The average Bonchev–Trinajstić information content (AvgIpc) is 3.44. The molecule has 6 rings (SSSR count). The number of hydrogen-bond acceptors (Lipinski definition) is 3. The van der Waals surface area contributed by atoms with Crippen molar-refractivity contribution in [1.29, 1.82) is 0 Å². The number of fused-ring (bicyclic) bond motifs is 2. The number of rotatable bonds is 3. The van der Waals surface area contributed by atoms with Gasteiger partial charge >= 0.3 is 0 Å². The normalized spacial score (nSPS) is 20.1. The van der Waals surface area contributed by atoms with Crippen molar-refractivity contribution < 1.29 is 14.3 Å². The summed E-state index contributed by atoms with van der Waals surface area (Å²) >= 11 is 0.